The molecule has 0 radical (unpaired) electrons. The van der Waals surface area contributed by atoms with Crippen LogP contribution >= 0.6 is 0 Å². The normalized spacial score (nSPS) is 10.3. The van der Waals surface area contributed by atoms with Crippen molar-refractivity contribution in [3.63, 3.8) is 0 Å². The zero-order valence-corrected chi connectivity index (χ0v) is 10.3. The number of anilines is 1. The van der Waals surface area contributed by atoms with Crippen LogP contribution in [0.5, 0.6) is 5.75 Å². The van der Waals surface area contributed by atoms with Gasteiger partial charge in [-0.1, -0.05) is 0 Å². The molecule has 17 heavy (non-hydrogen) atoms. The van der Waals surface area contributed by atoms with Crippen molar-refractivity contribution in [2.24, 2.45) is 7.05 Å². The Morgan fingerprint density at radius 1 is 1.35 bits per heavy atom. The van der Waals surface area contributed by atoms with E-state index in [9.17, 15) is 0 Å². The van der Waals surface area contributed by atoms with Crippen molar-refractivity contribution in [2.45, 2.75) is 13.5 Å². The third-order valence-electron chi connectivity index (χ3n) is 2.77. The second kappa shape index (κ2) is 4.86. The van der Waals surface area contributed by atoms with Crippen LogP contribution in [-0.4, -0.2) is 21.9 Å². The second-order valence-corrected chi connectivity index (χ2v) is 3.82. The molecule has 2 aromatic heterocycles. The molecule has 5 nitrogen and oxygen atoms in total. The highest BCUT2D eigenvalue weighted by Gasteiger charge is 2.03. The van der Waals surface area contributed by atoms with Crippen LogP contribution in [0, 0.1) is 6.92 Å². The lowest BCUT2D eigenvalue weighted by Crippen LogP contribution is -2.02. The van der Waals surface area contributed by atoms with Crippen LogP contribution in [0.2, 0.25) is 0 Å². The maximum atomic E-state index is 5.05. The summed E-state index contributed by atoms with van der Waals surface area (Å²) in [6.45, 7) is 2.77. The first-order valence-electron chi connectivity index (χ1n) is 5.42. The molecule has 2 rings (SSSR count). The highest BCUT2D eigenvalue weighted by atomic mass is 16.5. The van der Waals surface area contributed by atoms with Gasteiger partial charge in [-0.05, 0) is 19.1 Å². The smallest absolute Gasteiger partial charge is 0.137 e. The average molecular weight is 232 g/mol. The van der Waals surface area contributed by atoms with Gasteiger partial charge in [-0.2, -0.15) is 5.10 Å². The topological polar surface area (TPSA) is 52.0 Å². The van der Waals surface area contributed by atoms with Crippen LogP contribution < -0.4 is 10.1 Å². The molecule has 0 aliphatic heterocycles. The maximum absolute atomic E-state index is 5.05. The van der Waals surface area contributed by atoms with Gasteiger partial charge in [0.1, 0.15) is 11.6 Å². The molecule has 1 N–H and O–H groups in total. The van der Waals surface area contributed by atoms with Gasteiger partial charge in [0.25, 0.3) is 0 Å². The van der Waals surface area contributed by atoms with Crippen LogP contribution in [0.25, 0.3) is 0 Å². The molecule has 2 heterocycles. The van der Waals surface area contributed by atoms with Crippen LogP contribution in [0.3, 0.4) is 0 Å². The fourth-order valence-corrected chi connectivity index (χ4v) is 1.51. The molecule has 0 amide bonds. The van der Waals surface area contributed by atoms with Crippen molar-refractivity contribution in [3.8, 4) is 5.75 Å². The van der Waals surface area contributed by atoms with E-state index in [0.29, 0.717) is 0 Å². The molecule has 0 saturated carbocycles. The zero-order valence-electron chi connectivity index (χ0n) is 10.3. The van der Waals surface area contributed by atoms with Crippen molar-refractivity contribution in [2.75, 3.05) is 12.4 Å². The maximum Gasteiger partial charge on any atom is 0.137 e. The number of rotatable bonds is 4. The lowest BCUT2D eigenvalue weighted by atomic mass is 10.2. The summed E-state index contributed by atoms with van der Waals surface area (Å²) in [5, 5.41) is 7.44. The number of hydrogen-bond acceptors (Lipinski definition) is 4. The number of hydrogen-bond donors (Lipinski definition) is 1. The van der Waals surface area contributed by atoms with Gasteiger partial charge < -0.3 is 10.1 Å². The van der Waals surface area contributed by atoms with Gasteiger partial charge in [-0.15, -0.1) is 0 Å². The van der Waals surface area contributed by atoms with E-state index in [1.165, 1.54) is 5.56 Å². The highest BCUT2D eigenvalue weighted by Crippen LogP contribution is 2.13. The molecule has 90 valence electrons. The molecule has 0 unspecified atom stereocenters. The highest BCUT2D eigenvalue weighted by molar-refractivity contribution is 5.38. The van der Waals surface area contributed by atoms with Crippen LogP contribution in [0.15, 0.2) is 24.5 Å². The van der Waals surface area contributed by atoms with Gasteiger partial charge in [0, 0.05) is 24.8 Å². The Kier molecular flexibility index (Phi) is 3.27. The number of nitrogens with one attached hydrogen (secondary N) is 1. The predicted octanol–water partition coefficient (Wildman–Crippen LogP) is 1.74. The Balaban J connectivity index is 2.00. The molecule has 0 saturated heterocycles. The second-order valence-electron chi connectivity index (χ2n) is 3.82. The van der Waals surface area contributed by atoms with Crippen LogP contribution in [0.1, 0.15) is 11.3 Å². The van der Waals surface area contributed by atoms with Gasteiger partial charge in [0.05, 0.1) is 19.5 Å². The van der Waals surface area contributed by atoms with E-state index >= 15 is 0 Å². The molecule has 0 atom stereocenters. The summed E-state index contributed by atoms with van der Waals surface area (Å²) in [4.78, 5) is 4.24. The number of ether oxygens (including phenoxy) is 1. The minimum atomic E-state index is 0.721. The summed E-state index contributed by atoms with van der Waals surface area (Å²) >= 11 is 0. The van der Waals surface area contributed by atoms with Crippen molar-refractivity contribution < 1.29 is 4.74 Å². The van der Waals surface area contributed by atoms with E-state index in [0.717, 1.165) is 23.8 Å². The summed E-state index contributed by atoms with van der Waals surface area (Å²) in [6.07, 6.45) is 3.56. The Morgan fingerprint density at radius 2 is 2.18 bits per heavy atom. The van der Waals surface area contributed by atoms with E-state index in [4.69, 9.17) is 4.74 Å². The first kappa shape index (κ1) is 11.4. The van der Waals surface area contributed by atoms with Crippen molar-refractivity contribution in [1.82, 2.24) is 14.8 Å². The molecule has 5 heteroatoms. The SMILES string of the molecule is COc1ccc(NCc2cnn(C)c2C)nc1. The van der Waals surface area contributed by atoms with E-state index in [-0.39, 0.29) is 0 Å². The first-order chi connectivity index (χ1) is 8.20. The molecular formula is C12H16N4O. The Labute approximate surface area is 100 Å². The Hall–Kier alpha value is -2.04. The molecule has 0 aliphatic carbocycles. The molecule has 0 bridgehead atoms. The van der Waals surface area contributed by atoms with E-state index in [2.05, 4.69) is 15.4 Å². The monoisotopic (exact) mass is 232 g/mol. The van der Waals surface area contributed by atoms with E-state index in [1.807, 2.05) is 37.0 Å². The van der Waals surface area contributed by atoms with E-state index in [1.54, 1.807) is 13.3 Å². The largest absolute Gasteiger partial charge is 0.495 e. The fraction of sp³-hybridized carbons (Fsp3) is 0.333. The number of methoxy groups -OCH3 is 1. The summed E-state index contributed by atoms with van der Waals surface area (Å²) < 4.78 is 6.91. The van der Waals surface area contributed by atoms with Gasteiger partial charge in [0.15, 0.2) is 0 Å². The Bertz CT molecular complexity index is 490. The van der Waals surface area contributed by atoms with Gasteiger partial charge in [-0.3, -0.25) is 4.68 Å². The number of aryl methyl sites for hydroxylation is 1. The predicted molar refractivity (Wildman–Crippen MR) is 66.1 cm³/mol. The van der Waals surface area contributed by atoms with Crippen molar-refractivity contribution >= 4 is 5.82 Å². The standard InChI is InChI=1S/C12H16N4O/c1-9-10(7-15-16(9)2)6-13-12-5-4-11(17-3)8-14-12/h4-5,7-8H,6H2,1-3H3,(H,13,14). The summed E-state index contributed by atoms with van der Waals surface area (Å²) in [6, 6.07) is 3.77. The molecular weight excluding hydrogens is 216 g/mol. The number of nitrogens with zero attached hydrogens (tertiary/aromatic N) is 3. The number of pyridine rings is 1. The molecule has 0 fully saturated rings. The first-order valence-corrected chi connectivity index (χ1v) is 5.42. The molecule has 0 aromatic carbocycles. The summed E-state index contributed by atoms with van der Waals surface area (Å²) in [5.41, 5.74) is 2.33. The minimum absolute atomic E-state index is 0.721. The number of aromatic nitrogens is 3. The van der Waals surface area contributed by atoms with Crippen LogP contribution in [-0.2, 0) is 13.6 Å². The van der Waals surface area contributed by atoms with E-state index < -0.39 is 0 Å². The van der Waals surface area contributed by atoms with Gasteiger partial charge >= 0.3 is 0 Å². The van der Waals surface area contributed by atoms with Crippen molar-refractivity contribution in [3.05, 3.63) is 35.8 Å². The molecule has 2 aromatic rings. The van der Waals surface area contributed by atoms with Crippen molar-refractivity contribution in [1.29, 1.82) is 0 Å². The molecule has 0 spiro atoms. The molecule has 0 aliphatic rings. The summed E-state index contributed by atoms with van der Waals surface area (Å²) in [7, 11) is 3.56. The lowest BCUT2D eigenvalue weighted by molar-refractivity contribution is 0.413. The van der Waals surface area contributed by atoms with Gasteiger partial charge in [0.2, 0.25) is 0 Å². The lowest BCUT2D eigenvalue weighted by Gasteiger charge is -2.06. The quantitative estimate of drug-likeness (QED) is 0.872. The Morgan fingerprint density at radius 3 is 2.71 bits per heavy atom. The zero-order chi connectivity index (χ0) is 12.3. The van der Waals surface area contributed by atoms with Crippen LogP contribution in [0.4, 0.5) is 5.82 Å². The third-order valence-corrected chi connectivity index (χ3v) is 2.77. The third kappa shape index (κ3) is 2.55. The summed E-state index contributed by atoms with van der Waals surface area (Å²) in [5.74, 6) is 1.59. The fourth-order valence-electron chi connectivity index (χ4n) is 1.51. The van der Waals surface area contributed by atoms with Gasteiger partial charge in [-0.25, -0.2) is 4.98 Å². The average Bonchev–Trinajstić information content (AvgIpc) is 2.68. The minimum Gasteiger partial charge on any atom is -0.495 e.